The predicted molar refractivity (Wildman–Crippen MR) is 170 cm³/mol. The van der Waals surface area contributed by atoms with Gasteiger partial charge in [0, 0.05) is 67.9 Å². The van der Waals surface area contributed by atoms with Crippen LogP contribution in [0.3, 0.4) is 0 Å². The van der Waals surface area contributed by atoms with Crippen molar-refractivity contribution in [2.24, 2.45) is 5.92 Å². The quantitative estimate of drug-likeness (QED) is 0.438. The van der Waals surface area contributed by atoms with E-state index < -0.39 is 0 Å². The Labute approximate surface area is 255 Å². The number of amides is 1. The van der Waals surface area contributed by atoms with Crippen LogP contribution in [0.4, 0.5) is 5.69 Å². The van der Waals surface area contributed by atoms with Gasteiger partial charge in [-0.1, -0.05) is 48.4 Å². The first-order chi connectivity index (χ1) is 20.8. The van der Waals surface area contributed by atoms with E-state index in [2.05, 4.69) is 66.1 Å². The zero-order valence-corrected chi connectivity index (χ0v) is 25.6. The van der Waals surface area contributed by atoms with Gasteiger partial charge >= 0.3 is 0 Å². The summed E-state index contributed by atoms with van der Waals surface area (Å²) in [6, 6.07) is 20.9. The van der Waals surface area contributed by atoms with E-state index in [1.165, 1.54) is 16.7 Å². The molecule has 2 aliphatic heterocycles. The molecule has 1 N–H and O–H groups in total. The topological polar surface area (TPSA) is 56.2 Å². The number of phenolic OH excluding ortho intramolecular Hbond substituents is 1. The summed E-state index contributed by atoms with van der Waals surface area (Å²) in [6.07, 6.45) is 4.61. The first kappa shape index (κ1) is 27.9. The minimum atomic E-state index is -0.234. The van der Waals surface area contributed by atoms with Crippen LogP contribution in [0, 0.1) is 24.7 Å². The first-order valence-corrected chi connectivity index (χ1v) is 15.6. The maximum absolute atomic E-state index is 13.5. The molecule has 43 heavy (non-hydrogen) atoms. The van der Waals surface area contributed by atoms with Crippen LogP contribution in [0.25, 0.3) is 0 Å². The van der Waals surface area contributed by atoms with Crippen molar-refractivity contribution >= 4 is 11.6 Å². The van der Waals surface area contributed by atoms with Gasteiger partial charge in [0.1, 0.15) is 6.10 Å². The number of benzene rings is 3. The Hall–Kier alpha value is -3.95. The Morgan fingerprint density at radius 1 is 1.09 bits per heavy atom. The third-order valence-electron chi connectivity index (χ3n) is 10.7. The highest BCUT2D eigenvalue weighted by molar-refractivity contribution is 5.94. The molecule has 3 aromatic rings. The zero-order valence-electron chi connectivity index (χ0n) is 25.6. The largest absolute Gasteiger partial charge is 0.504 e. The molecule has 0 radical (unpaired) electrons. The molecule has 2 aliphatic carbocycles. The zero-order chi connectivity index (χ0) is 29.9. The van der Waals surface area contributed by atoms with Crippen molar-refractivity contribution in [2.75, 3.05) is 39.1 Å². The smallest absolute Gasteiger partial charge is 0.298 e. The van der Waals surface area contributed by atoms with Crippen molar-refractivity contribution in [3.05, 3.63) is 88.5 Å². The third-order valence-corrected chi connectivity index (χ3v) is 10.7. The molecule has 2 fully saturated rings. The van der Waals surface area contributed by atoms with Crippen LogP contribution in [0.5, 0.6) is 11.5 Å². The second-order valence-corrected chi connectivity index (χ2v) is 13.2. The van der Waals surface area contributed by atoms with Gasteiger partial charge in [0.2, 0.25) is 0 Å². The van der Waals surface area contributed by atoms with E-state index in [4.69, 9.17) is 4.74 Å². The van der Waals surface area contributed by atoms with E-state index in [1.54, 1.807) is 0 Å². The van der Waals surface area contributed by atoms with Crippen molar-refractivity contribution in [3.63, 3.8) is 0 Å². The van der Waals surface area contributed by atoms with E-state index in [0.717, 1.165) is 62.0 Å². The average Bonchev–Trinajstić information content (AvgIpc) is 3.35. The Bertz CT molecular complexity index is 1620. The van der Waals surface area contributed by atoms with Crippen LogP contribution < -0.4 is 9.64 Å². The number of nitrogens with zero attached hydrogens (tertiary/aromatic N) is 3. The lowest BCUT2D eigenvalue weighted by Gasteiger charge is -2.60. The van der Waals surface area contributed by atoms with Crippen LogP contribution in [-0.4, -0.2) is 73.2 Å². The molecular formula is C37H41N3O3. The Balaban J connectivity index is 1.24. The van der Waals surface area contributed by atoms with Crippen LogP contribution in [-0.2, 0) is 23.1 Å². The summed E-state index contributed by atoms with van der Waals surface area (Å²) in [7, 11) is 5.99. The number of carbonyl (C=O) groups is 1. The number of ether oxygens (including phenoxy) is 1. The lowest BCUT2D eigenvalue weighted by molar-refractivity contribution is -0.134. The van der Waals surface area contributed by atoms with Gasteiger partial charge in [0.25, 0.3) is 5.91 Å². The second kappa shape index (κ2) is 10.6. The molecular weight excluding hydrogens is 534 g/mol. The average molecular weight is 576 g/mol. The fourth-order valence-corrected chi connectivity index (χ4v) is 8.74. The summed E-state index contributed by atoms with van der Waals surface area (Å²) in [6.45, 7) is 4.04. The highest BCUT2D eigenvalue weighted by atomic mass is 16.5. The van der Waals surface area contributed by atoms with Gasteiger partial charge in [-0.15, -0.1) is 0 Å². The fourth-order valence-electron chi connectivity index (χ4n) is 8.74. The molecule has 4 aliphatic rings. The maximum Gasteiger partial charge on any atom is 0.298 e. The molecule has 6 nitrogen and oxygen atoms in total. The number of rotatable bonds is 5. The highest BCUT2D eigenvalue weighted by Gasteiger charge is 2.66. The second-order valence-electron chi connectivity index (χ2n) is 13.2. The van der Waals surface area contributed by atoms with E-state index in [-0.39, 0.29) is 29.2 Å². The molecule has 0 unspecified atom stereocenters. The molecule has 7 rings (SSSR count). The van der Waals surface area contributed by atoms with Crippen LogP contribution >= 0.6 is 0 Å². The molecule has 1 spiro atoms. The molecule has 1 saturated heterocycles. The Morgan fingerprint density at radius 3 is 2.67 bits per heavy atom. The van der Waals surface area contributed by atoms with Gasteiger partial charge in [0.15, 0.2) is 11.5 Å². The minimum Gasteiger partial charge on any atom is -0.504 e. The number of carbonyl (C=O) groups excluding carboxylic acids is 1. The van der Waals surface area contributed by atoms with Gasteiger partial charge in [0.05, 0.1) is 6.04 Å². The molecule has 0 aromatic heterocycles. The summed E-state index contributed by atoms with van der Waals surface area (Å²) in [5.74, 6) is 7.06. The summed E-state index contributed by atoms with van der Waals surface area (Å²) in [5.41, 5.74) is 6.69. The summed E-state index contributed by atoms with van der Waals surface area (Å²) >= 11 is 0. The number of anilines is 1. The number of piperidine rings is 1. The first-order valence-electron chi connectivity index (χ1n) is 15.6. The highest BCUT2D eigenvalue weighted by Crippen LogP contribution is 2.65. The van der Waals surface area contributed by atoms with E-state index in [1.807, 2.05) is 49.2 Å². The van der Waals surface area contributed by atoms with Crippen LogP contribution in [0.1, 0.15) is 47.1 Å². The lowest BCUT2D eigenvalue weighted by atomic mass is 9.50. The van der Waals surface area contributed by atoms with Crippen LogP contribution in [0.2, 0.25) is 0 Å². The Morgan fingerprint density at radius 2 is 1.91 bits per heavy atom. The molecule has 1 amide bonds. The number of aryl methyl sites for hydroxylation is 1. The molecule has 222 valence electrons. The van der Waals surface area contributed by atoms with Gasteiger partial charge in [-0.05, 0) is 80.3 Å². The summed E-state index contributed by atoms with van der Waals surface area (Å²) < 4.78 is 6.84. The number of likely N-dealkylation sites (N-methyl/N-ethyl adjacent to an activating group) is 1. The van der Waals surface area contributed by atoms with Crippen molar-refractivity contribution in [1.29, 1.82) is 0 Å². The van der Waals surface area contributed by atoms with Crippen LogP contribution in [0.15, 0.2) is 60.7 Å². The molecule has 3 aromatic carbocycles. The number of hydrogen-bond donors (Lipinski definition) is 1. The van der Waals surface area contributed by atoms with Gasteiger partial charge < -0.3 is 19.6 Å². The lowest BCUT2D eigenvalue weighted by Crippen LogP contribution is -2.69. The molecule has 2 heterocycles. The number of hydrogen-bond acceptors (Lipinski definition) is 5. The SMILES string of the molecule is Cc1cccc(C#CC(=O)N(C)[C@H]2CC[C@H]3[C@H]4Cc5c(N(C)C)cc(O)c6c5[C@@]3(CCN4CCc3ccccc3)[C@H]2O6)c1. The molecule has 2 bridgehead atoms. The Kier molecular flexibility index (Phi) is 6.90. The van der Waals surface area contributed by atoms with Crippen molar-refractivity contribution < 1.29 is 14.6 Å². The van der Waals surface area contributed by atoms with Crippen molar-refractivity contribution in [1.82, 2.24) is 9.80 Å². The minimum absolute atomic E-state index is 0.118. The van der Waals surface area contributed by atoms with Gasteiger partial charge in [-0.2, -0.15) is 0 Å². The normalized spacial score (nSPS) is 26.5. The fraction of sp³-hybridized carbons (Fsp3) is 0.432. The van der Waals surface area contributed by atoms with Crippen molar-refractivity contribution in [3.8, 4) is 23.3 Å². The monoisotopic (exact) mass is 575 g/mol. The van der Waals surface area contributed by atoms with E-state index in [9.17, 15) is 9.90 Å². The summed E-state index contributed by atoms with van der Waals surface area (Å²) in [5, 5.41) is 11.3. The molecule has 1 saturated carbocycles. The standard InChI is InChI=1S/C37H41N3O3/c1-24-9-8-12-26(21-24)13-16-33(42)39(4)29-15-14-28-31-22-27-30(38(2)3)23-32(41)35-34(27)37(28,36(29)43-35)18-20-40(31)19-17-25-10-6-5-7-11-25/h5-12,21,23,28-29,31,36,41H,14-15,17-20,22H2,1-4H3/t28-,29-,31+,36-,37-/m0/s1. The predicted octanol–water partition coefficient (Wildman–Crippen LogP) is 4.93. The summed E-state index contributed by atoms with van der Waals surface area (Å²) in [4.78, 5) is 20.2. The molecule has 6 heteroatoms. The van der Waals surface area contributed by atoms with E-state index in [0.29, 0.717) is 17.7 Å². The number of aromatic hydroxyl groups is 1. The maximum atomic E-state index is 13.5. The third kappa shape index (κ3) is 4.48. The number of likely N-dealkylation sites (tertiary alicyclic amines) is 1. The van der Waals surface area contributed by atoms with Crippen molar-refractivity contribution in [2.45, 2.75) is 62.6 Å². The number of phenols is 1. The molecule has 5 atom stereocenters. The van der Waals surface area contributed by atoms with Gasteiger partial charge in [-0.3, -0.25) is 9.69 Å². The van der Waals surface area contributed by atoms with E-state index >= 15 is 0 Å². The van der Waals surface area contributed by atoms with Gasteiger partial charge in [-0.25, -0.2) is 0 Å².